The van der Waals surface area contributed by atoms with Crippen LogP contribution in [-0.4, -0.2) is 187 Å². The van der Waals surface area contributed by atoms with Crippen LogP contribution in [0, 0.1) is 17.8 Å². The number of hydrogen-bond acceptors (Lipinski definition) is 18. The number of nitrogens with one attached hydrogen (secondary N) is 11. The molecule has 1 heterocycles. The first-order valence-corrected chi connectivity index (χ1v) is 28.4. The van der Waals surface area contributed by atoms with Crippen LogP contribution in [-0.2, 0) is 52.7 Å². The monoisotopic (exact) mass is 1150 g/mol. The molecule has 0 aromatic carbocycles. The Bertz CT molecular complexity index is 2050. The fourth-order valence-electron chi connectivity index (χ4n) is 8.59. The van der Waals surface area contributed by atoms with Crippen LogP contribution in [0.5, 0.6) is 0 Å². The number of carbonyl (C=O) groups excluding carboxylic acids is 11. The van der Waals surface area contributed by atoms with Gasteiger partial charge in [-0.15, -0.1) is 0 Å². The molecule has 29 nitrogen and oxygen atoms in total. The van der Waals surface area contributed by atoms with E-state index in [1.165, 1.54) is 13.8 Å². The van der Waals surface area contributed by atoms with E-state index >= 15 is 0 Å². The first kappa shape index (κ1) is 72.9. The lowest BCUT2D eigenvalue weighted by molar-refractivity contribution is -0.137. The third-order valence-corrected chi connectivity index (χ3v) is 13.5. The highest BCUT2D eigenvalue weighted by Crippen LogP contribution is 2.14. The molecule has 0 saturated carbocycles. The fourth-order valence-corrected chi connectivity index (χ4v) is 8.59. The number of amides is 11. The normalized spacial score (nSPS) is 23.6. The Morgan fingerprint density at radius 3 is 1.49 bits per heavy atom. The Kier molecular flexibility index (Phi) is 34.7. The van der Waals surface area contributed by atoms with E-state index in [0.717, 1.165) is 12.8 Å². The minimum absolute atomic E-state index is 0.0140. The fraction of sp³-hybridized carbons (Fsp3) is 0.788. The van der Waals surface area contributed by atoms with Crippen molar-refractivity contribution in [2.45, 2.75) is 205 Å². The van der Waals surface area contributed by atoms with Gasteiger partial charge in [0.1, 0.15) is 60.4 Å². The van der Waals surface area contributed by atoms with Crippen LogP contribution in [0.15, 0.2) is 0 Å². The van der Waals surface area contributed by atoms with Crippen molar-refractivity contribution in [3.63, 3.8) is 0 Å². The highest BCUT2D eigenvalue weighted by molar-refractivity contribution is 5.99. The molecular formula is C52H98N16O13. The van der Waals surface area contributed by atoms with E-state index in [2.05, 4.69) is 72.3 Å². The van der Waals surface area contributed by atoms with Gasteiger partial charge in [-0.1, -0.05) is 60.8 Å². The molecule has 1 fully saturated rings. The van der Waals surface area contributed by atoms with Crippen molar-refractivity contribution >= 4 is 65.0 Å². The highest BCUT2D eigenvalue weighted by Gasteiger charge is 2.38. The number of hydrogen-bond donors (Lipinski definition) is 18. The molecule has 0 aromatic rings. The quantitative estimate of drug-likeness (QED) is 0.0325. The number of aliphatic hydroxyl groups excluding tert-OH is 2. The molecular weight excluding hydrogens is 1060 g/mol. The maximum Gasteiger partial charge on any atom is 0.245 e. The molecule has 81 heavy (non-hydrogen) atoms. The van der Waals surface area contributed by atoms with Gasteiger partial charge in [0.25, 0.3) is 0 Å². The van der Waals surface area contributed by atoms with Crippen LogP contribution in [0.2, 0.25) is 0 Å². The average Bonchev–Trinajstić information content (AvgIpc) is 3.42. The maximum atomic E-state index is 14.4. The number of carbonyl (C=O) groups is 11. The Balaban J connectivity index is 3.84. The summed E-state index contributed by atoms with van der Waals surface area (Å²) in [6, 6.07) is -14.5. The highest BCUT2D eigenvalue weighted by atomic mass is 16.3. The lowest BCUT2D eigenvalue weighted by atomic mass is 9.96. The Morgan fingerprint density at radius 1 is 0.531 bits per heavy atom. The van der Waals surface area contributed by atoms with Crippen molar-refractivity contribution in [3.8, 4) is 0 Å². The minimum Gasteiger partial charge on any atom is -0.391 e. The molecule has 0 spiro atoms. The summed E-state index contributed by atoms with van der Waals surface area (Å²) in [6.45, 7) is 12.4. The Labute approximate surface area is 475 Å². The predicted molar refractivity (Wildman–Crippen MR) is 301 cm³/mol. The molecule has 0 aliphatic carbocycles. The third kappa shape index (κ3) is 26.6. The van der Waals surface area contributed by atoms with Gasteiger partial charge < -0.3 is 97.4 Å². The van der Waals surface area contributed by atoms with Gasteiger partial charge in [0.2, 0.25) is 65.0 Å². The minimum atomic E-state index is -1.69. The molecule has 29 heteroatoms. The van der Waals surface area contributed by atoms with Gasteiger partial charge >= 0.3 is 0 Å². The predicted octanol–water partition coefficient (Wildman–Crippen LogP) is -5.83. The molecule has 464 valence electrons. The number of unbranched alkanes of at least 4 members (excludes halogenated alkanes) is 1. The van der Waals surface area contributed by atoms with Crippen LogP contribution in [0.3, 0.4) is 0 Å². The largest absolute Gasteiger partial charge is 0.391 e. The van der Waals surface area contributed by atoms with Crippen molar-refractivity contribution in [1.82, 2.24) is 58.5 Å². The van der Waals surface area contributed by atoms with E-state index in [-0.39, 0.29) is 83.6 Å². The molecule has 1 rings (SSSR count). The Morgan fingerprint density at radius 2 is 1.01 bits per heavy atom. The van der Waals surface area contributed by atoms with Crippen LogP contribution in [0.25, 0.3) is 0 Å². The van der Waals surface area contributed by atoms with Crippen LogP contribution in [0.4, 0.5) is 0 Å². The summed E-state index contributed by atoms with van der Waals surface area (Å²) in [6.07, 6.45) is -1.52. The van der Waals surface area contributed by atoms with E-state index in [1.807, 2.05) is 0 Å². The number of aliphatic hydroxyl groups is 2. The standard InChI is InChI=1S/C52H98N16O13/c1-9-29(6)40-51(80)63-34(16-22-55)43(72)61-36(18-24-57)48(77)67-41(30(7)69)50(79)58-25-19-37(46(75)60-33(15-21-54)45(74)65-38(26-28(4)5)49(78)66-40)62-44(73)35(17-23-56)64-52(81)42(31(8)70)68-47(76)32(14-20-53)59-39(71)13-11-10-12-27(2)3/h27-38,40-42,69-70H,9-26,53-57H2,1-8H3,(H,58,79)(H,59,71)(H,60,75)(H,61,72)(H,62,73)(H,63,80)(H,64,81)(H,65,74)(H,66,78)(H,67,77)(H,68,76)/t29-,30+,31+,32-,33-,34?,35-,36-,37?,38?,40-,41-,42-/m0/s1. The summed E-state index contributed by atoms with van der Waals surface area (Å²) in [5.74, 6) is -9.90. The van der Waals surface area contributed by atoms with E-state index in [1.54, 1.807) is 27.7 Å². The lowest BCUT2D eigenvalue weighted by Crippen LogP contribution is -2.62. The second-order valence-electron chi connectivity index (χ2n) is 21.5. The van der Waals surface area contributed by atoms with Crippen molar-refractivity contribution in [3.05, 3.63) is 0 Å². The molecule has 11 amide bonds. The molecule has 13 atom stereocenters. The van der Waals surface area contributed by atoms with Gasteiger partial charge in [0.05, 0.1) is 12.2 Å². The van der Waals surface area contributed by atoms with Gasteiger partial charge in [0, 0.05) is 13.0 Å². The smallest absolute Gasteiger partial charge is 0.245 e. The van der Waals surface area contributed by atoms with Crippen molar-refractivity contribution in [1.29, 1.82) is 0 Å². The Hall–Kier alpha value is -6.11. The topological polar surface area (TPSA) is 491 Å². The summed E-state index contributed by atoms with van der Waals surface area (Å²) in [7, 11) is 0. The van der Waals surface area contributed by atoms with Gasteiger partial charge in [-0.3, -0.25) is 52.7 Å². The second-order valence-corrected chi connectivity index (χ2v) is 21.5. The molecule has 1 aliphatic rings. The summed E-state index contributed by atoms with van der Waals surface area (Å²) < 4.78 is 0. The van der Waals surface area contributed by atoms with Gasteiger partial charge in [-0.05, 0) is 116 Å². The van der Waals surface area contributed by atoms with Crippen LogP contribution in [0.1, 0.15) is 132 Å². The maximum absolute atomic E-state index is 14.4. The van der Waals surface area contributed by atoms with E-state index in [9.17, 15) is 63.0 Å². The summed E-state index contributed by atoms with van der Waals surface area (Å²) >= 11 is 0. The SMILES string of the molecule is CC[C@H](C)[C@@H]1NC(=O)C(CC(C)C)NC(=O)[C@H](CCN)NC(=O)C(NC(=O)[C@H](CCN)NC(=O)[C@@H](NC(=O)[C@H](CCN)NC(=O)CCCCC(C)C)[C@@H](C)O)CCNC(=O)[C@H]([C@@H](C)O)NC(=O)[C@H](CCN)NC(=O)C(CCN)NC1=O. The molecule has 1 aliphatic heterocycles. The van der Waals surface area contributed by atoms with E-state index in [4.69, 9.17) is 28.7 Å². The van der Waals surface area contributed by atoms with Crippen molar-refractivity contribution in [2.75, 3.05) is 39.3 Å². The average molecular weight is 1160 g/mol. The van der Waals surface area contributed by atoms with E-state index in [0.29, 0.717) is 18.8 Å². The third-order valence-electron chi connectivity index (χ3n) is 13.5. The lowest BCUT2D eigenvalue weighted by Gasteiger charge is -2.30. The first-order valence-electron chi connectivity index (χ1n) is 28.4. The van der Waals surface area contributed by atoms with Gasteiger partial charge in [0.15, 0.2) is 0 Å². The van der Waals surface area contributed by atoms with Crippen LogP contribution >= 0.6 is 0 Å². The number of rotatable bonds is 28. The van der Waals surface area contributed by atoms with Crippen molar-refractivity contribution < 1.29 is 63.0 Å². The summed E-state index contributed by atoms with van der Waals surface area (Å²) in [5.41, 5.74) is 29.2. The van der Waals surface area contributed by atoms with Gasteiger partial charge in [-0.2, -0.15) is 0 Å². The molecule has 1 saturated heterocycles. The zero-order valence-corrected chi connectivity index (χ0v) is 48.7. The van der Waals surface area contributed by atoms with Crippen LogP contribution < -0.4 is 87.2 Å². The summed E-state index contributed by atoms with van der Waals surface area (Å²) in [4.78, 5) is 153. The second kappa shape index (κ2) is 38.6. The molecule has 23 N–H and O–H groups in total. The zero-order chi connectivity index (χ0) is 61.5. The molecule has 0 bridgehead atoms. The number of nitrogens with two attached hydrogens (primary N) is 5. The molecule has 3 unspecified atom stereocenters. The molecule has 0 aromatic heterocycles. The summed E-state index contributed by atoms with van der Waals surface area (Å²) in [5, 5.41) is 49.5. The zero-order valence-electron chi connectivity index (χ0n) is 48.7. The van der Waals surface area contributed by atoms with Crippen molar-refractivity contribution in [2.24, 2.45) is 46.4 Å². The molecule has 0 radical (unpaired) electrons. The van der Waals surface area contributed by atoms with Gasteiger partial charge in [-0.25, -0.2) is 0 Å². The van der Waals surface area contributed by atoms with E-state index < -0.39 is 156 Å². The first-order chi connectivity index (χ1) is 38.2.